The molecular formula is C22H25N5O2. The van der Waals surface area contributed by atoms with Crippen molar-refractivity contribution in [2.75, 3.05) is 28.2 Å². The number of aryl methyl sites for hydroxylation is 1. The van der Waals surface area contributed by atoms with Crippen LogP contribution >= 0.6 is 0 Å². The lowest BCUT2D eigenvalue weighted by atomic mass is 10.1. The molecule has 29 heavy (non-hydrogen) atoms. The SMILES string of the molecule is Cc1ccc(NC(=O)N2c3nc(C(=O)CCC4CC4)ccc3N3CC[C@H]2C3)nc1. The largest absolute Gasteiger partial charge is 0.366 e. The van der Waals surface area contributed by atoms with Crippen LogP contribution in [0.5, 0.6) is 0 Å². The zero-order valence-electron chi connectivity index (χ0n) is 16.6. The van der Waals surface area contributed by atoms with Gasteiger partial charge < -0.3 is 4.90 Å². The minimum absolute atomic E-state index is 0.0530. The highest BCUT2D eigenvalue weighted by molar-refractivity contribution is 6.05. The second-order valence-corrected chi connectivity index (χ2v) is 8.35. The van der Waals surface area contributed by atoms with Crippen molar-refractivity contribution in [1.29, 1.82) is 0 Å². The van der Waals surface area contributed by atoms with Gasteiger partial charge in [-0.1, -0.05) is 18.9 Å². The number of pyridine rings is 2. The standard InChI is InChI=1S/C22H25N5O2/c1-14-2-9-20(23-12-14)25-22(29)27-16-10-11-26(13-16)18-7-6-17(24-21(18)27)19(28)8-5-15-3-4-15/h2,6-7,9,12,15-16H,3-5,8,10-11,13H2,1H3,(H,23,25,29)/t16-/m0/s1. The zero-order chi connectivity index (χ0) is 20.0. The summed E-state index contributed by atoms with van der Waals surface area (Å²) in [5, 5.41) is 2.89. The number of amides is 2. The summed E-state index contributed by atoms with van der Waals surface area (Å²) in [6.45, 7) is 3.64. The first-order valence-electron chi connectivity index (χ1n) is 10.4. The van der Waals surface area contributed by atoms with Gasteiger partial charge in [0.1, 0.15) is 11.5 Å². The molecule has 2 fully saturated rings. The third-order valence-corrected chi connectivity index (χ3v) is 6.08. The van der Waals surface area contributed by atoms with Crippen LogP contribution in [0.15, 0.2) is 30.5 Å². The fourth-order valence-electron chi connectivity index (χ4n) is 4.21. The van der Waals surface area contributed by atoms with Gasteiger partial charge in [-0.25, -0.2) is 14.8 Å². The first-order chi connectivity index (χ1) is 14.1. The number of Topliss-reactive ketones (excluding diaryl/α,β-unsaturated/α-hetero) is 1. The van der Waals surface area contributed by atoms with Gasteiger partial charge >= 0.3 is 6.03 Å². The van der Waals surface area contributed by atoms with E-state index in [1.54, 1.807) is 17.2 Å². The molecule has 2 aromatic heterocycles. The second-order valence-electron chi connectivity index (χ2n) is 8.35. The first-order valence-corrected chi connectivity index (χ1v) is 10.4. The molecule has 5 rings (SSSR count). The van der Waals surface area contributed by atoms with E-state index in [0.29, 0.717) is 29.7 Å². The first kappa shape index (κ1) is 18.1. The number of ketones is 1. The highest BCUT2D eigenvalue weighted by Crippen LogP contribution is 2.39. The fraction of sp³-hybridized carbons (Fsp3) is 0.455. The van der Waals surface area contributed by atoms with E-state index in [1.807, 2.05) is 25.1 Å². The monoisotopic (exact) mass is 391 g/mol. The summed E-state index contributed by atoms with van der Waals surface area (Å²) >= 11 is 0. The average Bonchev–Trinajstić information content (AvgIpc) is 3.47. The number of carbonyl (C=O) groups excluding carboxylic acids is 2. The van der Waals surface area contributed by atoms with Gasteiger partial charge in [0, 0.05) is 25.7 Å². The van der Waals surface area contributed by atoms with E-state index >= 15 is 0 Å². The lowest BCUT2D eigenvalue weighted by Gasteiger charge is -2.35. The molecule has 3 aliphatic rings. The van der Waals surface area contributed by atoms with Crippen LogP contribution in [-0.2, 0) is 0 Å². The Hall–Kier alpha value is -2.96. The van der Waals surface area contributed by atoms with Crippen LogP contribution in [-0.4, -0.2) is 40.9 Å². The normalized spacial score (nSPS) is 19.8. The van der Waals surface area contributed by atoms with Crippen molar-refractivity contribution in [3.05, 3.63) is 41.7 Å². The molecule has 7 heteroatoms. The van der Waals surface area contributed by atoms with Crippen LogP contribution in [0, 0.1) is 12.8 Å². The minimum Gasteiger partial charge on any atom is -0.366 e. The number of urea groups is 1. The Morgan fingerprint density at radius 2 is 2.03 bits per heavy atom. The molecule has 0 unspecified atom stereocenters. The number of anilines is 3. The van der Waals surface area contributed by atoms with Crippen LogP contribution in [0.4, 0.5) is 22.1 Å². The van der Waals surface area contributed by atoms with Crippen LogP contribution in [0.25, 0.3) is 0 Å². The molecule has 0 aromatic carbocycles. The summed E-state index contributed by atoms with van der Waals surface area (Å²) in [4.78, 5) is 38.7. The topological polar surface area (TPSA) is 78.4 Å². The van der Waals surface area contributed by atoms with E-state index in [4.69, 9.17) is 0 Å². The molecule has 1 atom stereocenters. The molecule has 0 spiro atoms. The number of rotatable bonds is 5. The van der Waals surface area contributed by atoms with Crippen LogP contribution in [0.2, 0.25) is 0 Å². The van der Waals surface area contributed by atoms with E-state index in [0.717, 1.165) is 37.2 Å². The summed E-state index contributed by atoms with van der Waals surface area (Å²) in [6, 6.07) is 7.27. The van der Waals surface area contributed by atoms with Gasteiger partial charge in [-0.15, -0.1) is 0 Å². The van der Waals surface area contributed by atoms with Gasteiger partial charge in [0.15, 0.2) is 11.6 Å². The van der Waals surface area contributed by atoms with E-state index in [-0.39, 0.29) is 17.9 Å². The maximum atomic E-state index is 13.1. The molecule has 2 bridgehead atoms. The van der Waals surface area contributed by atoms with Crippen molar-refractivity contribution in [2.45, 2.75) is 45.1 Å². The molecule has 2 amide bonds. The lowest BCUT2D eigenvalue weighted by molar-refractivity contribution is 0.0973. The Kier molecular flexibility index (Phi) is 4.45. The molecule has 0 radical (unpaired) electrons. The summed E-state index contributed by atoms with van der Waals surface area (Å²) in [6.07, 6.45) is 6.56. The summed E-state index contributed by atoms with van der Waals surface area (Å²) in [7, 11) is 0. The Morgan fingerprint density at radius 3 is 2.79 bits per heavy atom. The number of carbonyl (C=O) groups is 2. The molecule has 1 saturated heterocycles. The number of nitrogens with zero attached hydrogens (tertiary/aromatic N) is 4. The van der Waals surface area contributed by atoms with Gasteiger partial charge in [-0.05, 0) is 49.4 Å². The number of hydrogen-bond donors (Lipinski definition) is 1. The highest BCUT2D eigenvalue weighted by atomic mass is 16.2. The van der Waals surface area contributed by atoms with Gasteiger partial charge in [0.05, 0.1) is 11.7 Å². The Balaban J connectivity index is 1.42. The van der Waals surface area contributed by atoms with Gasteiger partial charge in [-0.2, -0.15) is 0 Å². The third-order valence-electron chi connectivity index (χ3n) is 6.08. The van der Waals surface area contributed by atoms with E-state index < -0.39 is 0 Å². The summed E-state index contributed by atoms with van der Waals surface area (Å²) in [5.41, 5.74) is 2.41. The molecular weight excluding hydrogens is 366 g/mol. The smallest absolute Gasteiger partial charge is 0.329 e. The van der Waals surface area contributed by atoms with Gasteiger partial charge in [-0.3, -0.25) is 15.0 Å². The van der Waals surface area contributed by atoms with E-state index in [9.17, 15) is 9.59 Å². The molecule has 4 heterocycles. The molecule has 7 nitrogen and oxygen atoms in total. The predicted molar refractivity (Wildman–Crippen MR) is 112 cm³/mol. The van der Waals surface area contributed by atoms with Crippen molar-refractivity contribution >= 4 is 29.1 Å². The van der Waals surface area contributed by atoms with Crippen molar-refractivity contribution < 1.29 is 9.59 Å². The Morgan fingerprint density at radius 1 is 1.17 bits per heavy atom. The third kappa shape index (κ3) is 3.57. The van der Waals surface area contributed by atoms with Crippen LogP contribution in [0.1, 0.15) is 48.2 Å². The second kappa shape index (κ2) is 7.13. The molecule has 1 aliphatic carbocycles. The van der Waals surface area contributed by atoms with Gasteiger partial charge in [0.2, 0.25) is 0 Å². The van der Waals surface area contributed by atoms with Gasteiger partial charge in [0.25, 0.3) is 0 Å². The fourth-order valence-corrected chi connectivity index (χ4v) is 4.21. The predicted octanol–water partition coefficient (Wildman–Crippen LogP) is 3.79. The maximum absolute atomic E-state index is 13.1. The number of fused-ring (bicyclic) bond motifs is 4. The van der Waals surface area contributed by atoms with E-state index in [1.165, 1.54) is 12.8 Å². The summed E-state index contributed by atoms with van der Waals surface area (Å²) < 4.78 is 0. The molecule has 1 N–H and O–H groups in total. The van der Waals surface area contributed by atoms with Crippen molar-refractivity contribution in [3.63, 3.8) is 0 Å². The lowest BCUT2D eigenvalue weighted by Crippen LogP contribution is -2.48. The quantitative estimate of drug-likeness (QED) is 0.785. The minimum atomic E-state index is -0.246. The summed E-state index contributed by atoms with van der Waals surface area (Å²) in [5.74, 6) is 1.87. The number of hydrogen-bond acceptors (Lipinski definition) is 5. The van der Waals surface area contributed by atoms with Crippen LogP contribution in [0.3, 0.4) is 0 Å². The average molecular weight is 391 g/mol. The molecule has 2 aliphatic heterocycles. The molecule has 2 aromatic rings. The number of aromatic nitrogens is 2. The molecule has 150 valence electrons. The Bertz CT molecular complexity index is 954. The zero-order valence-corrected chi connectivity index (χ0v) is 16.6. The molecule has 1 saturated carbocycles. The number of nitrogens with one attached hydrogen (secondary N) is 1. The van der Waals surface area contributed by atoms with Crippen molar-refractivity contribution in [1.82, 2.24) is 9.97 Å². The highest BCUT2D eigenvalue weighted by Gasteiger charge is 2.40. The Labute approximate surface area is 170 Å². The maximum Gasteiger partial charge on any atom is 0.329 e. The van der Waals surface area contributed by atoms with Crippen molar-refractivity contribution in [2.24, 2.45) is 5.92 Å². The van der Waals surface area contributed by atoms with Crippen LogP contribution < -0.4 is 15.1 Å². The van der Waals surface area contributed by atoms with Crippen molar-refractivity contribution in [3.8, 4) is 0 Å². The van der Waals surface area contributed by atoms with E-state index in [2.05, 4.69) is 20.2 Å².